The first kappa shape index (κ1) is 13.5. The highest BCUT2D eigenvalue weighted by Crippen LogP contribution is 2.19. The van der Waals surface area contributed by atoms with E-state index in [4.69, 9.17) is 4.74 Å². The first-order valence-electron chi connectivity index (χ1n) is 5.86. The average Bonchev–Trinajstić information content (AvgIpc) is 2.26. The summed E-state index contributed by atoms with van der Waals surface area (Å²) in [5, 5.41) is 12.4. The summed E-state index contributed by atoms with van der Waals surface area (Å²) in [5.41, 5.74) is 0.879. The van der Waals surface area contributed by atoms with Crippen LogP contribution in [0.3, 0.4) is 0 Å². The molecule has 92 valence electrons. The molecule has 0 saturated heterocycles. The number of ether oxygens (including phenoxy) is 1. The van der Waals surface area contributed by atoms with Crippen molar-refractivity contribution >= 4 is 0 Å². The molecule has 0 fully saturated rings. The molecule has 1 N–H and O–H groups in total. The Morgan fingerprint density at radius 2 is 1.88 bits per heavy atom. The molecule has 0 amide bonds. The number of hydrogen-bond acceptors (Lipinski definition) is 3. The van der Waals surface area contributed by atoms with E-state index in [0.29, 0.717) is 6.61 Å². The van der Waals surface area contributed by atoms with Crippen molar-refractivity contribution in [3.63, 3.8) is 0 Å². The predicted octanol–water partition coefficient (Wildman–Crippen LogP) is 3.04. The molecule has 0 radical (unpaired) electrons. The second-order valence-electron chi connectivity index (χ2n) is 4.96. The Bertz CT molecular complexity index is 384. The Hall–Kier alpha value is -1.53. The Balaban J connectivity index is 2.80. The molecule has 1 atom stereocenters. The summed E-state index contributed by atoms with van der Waals surface area (Å²) in [6.45, 7) is 8.75. The largest absolute Gasteiger partial charge is 0.494 e. The Labute approximate surface area is 103 Å². The van der Waals surface area contributed by atoms with Gasteiger partial charge in [0.2, 0.25) is 0 Å². The van der Waals surface area contributed by atoms with E-state index in [0.717, 1.165) is 11.3 Å². The van der Waals surface area contributed by atoms with Crippen LogP contribution >= 0.6 is 0 Å². The van der Waals surface area contributed by atoms with Crippen molar-refractivity contribution in [2.75, 3.05) is 6.61 Å². The molecular weight excluding hydrogens is 212 g/mol. The van der Waals surface area contributed by atoms with Crippen molar-refractivity contribution in [1.82, 2.24) is 5.32 Å². The Morgan fingerprint density at radius 3 is 2.29 bits per heavy atom. The van der Waals surface area contributed by atoms with Gasteiger partial charge in [0.05, 0.1) is 12.7 Å². The minimum atomic E-state index is -0.286. The molecule has 1 aromatic carbocycles. The number of hydrogen-bond donors (Lipinski definition) is 1. The minimum Gasteiger partial charge on any atom is -0.494 e. The standard InChI is InChI=1S/C14H20N2O/c1-5-17-12-8-6-11(7-9-12)13(10-15)16-14(2,3)4/h6-9,13,16H,5H2,1-4H3. The maximum atomic E-state index is 9.17. The van der Waals surface area contributed by atoms with Crippen molar-refractivity contribution in [3.05, 3.63) is 29.8 Å². The molecule has 1 rings (SSSR count). The number of nitrogens with one attached hydrogen (secondary N) is 1. The molecule has 17 heavy (non-hydrogen) atoms. The molecule has 3 nitrogen and oxygen atoms in total. The number of rotatable bonds is 4. The van der Waals surface area contributed by atoms with Gasteiger partial charge in [0.25, 0.3) is 0 Å². The second-order valence-corrected chi connectivity index (χ2v) is 4.96. The van der Waals surface area contributed by atoms with E-state index in [9.17, 15) is 5.26 Å². The summed E-state index contributed by atoms with van der Waals surface area (Å²) < 4.78 is 5.37. The van der Waals surface area contributed by atoms with Crippen molar-refractivity contribution < 1.29 is 4.74 Å². The van der Waals surface area contributed by atoms with E-state index >= 15 is 0 Å². The van der Waals surface area contributed by atoms with E-state index in [2.05, 4.69) is 11.4 Å². The van der Waals surface area contributed by atoms with Gasteiger partial charge < -0.3 is 4.74 Å². The lowest BCUT2D eigenvalue weighted by Gasteiger charge is -2.24. The van der Waals surface area contributed by atoms with Gasteiger partial charge in [-0.05, 0) is 45.4 Å². The third kappa shape index (κ3) is 4.46. The van der Waals surface area contributed by atoms with Crippen LogP contribution in [0.5, 0.6) is 5.75 Å². The SMILES string of the molecule is CCOc1ccc(C(C#N)NC(C)(C)C)cc1. The molecular formula is C14H20N2O. The van der Waals surface area contributed by atoms with Crippen LogP contribution in [0.4, 0.5) is 0 Å². The molecule has 0 bridgehead atoms. The van der Waals surface area contributed by atoms with Crippen LogP contribution in [0.25, 0.3) is 0 Å². The molecule has 3 heteroatoms. The average molecular weight is 232 g/mol. The normalized spacial score (nSPS) is 12.9. The predicted molar refractivity (Wildman–Crippen MR) is 68.9 cm³/mol. The van der Waals surface area contributed by atoms with Crippen LogP contribution in [0.15, 0.2) is 24.3 Å². The third-order valence-electron chi connectivity index (χ3n) is 2.23. The fourth-order valence-electron chi connectivity index (χ4n) is 1.55. The van der Waals surface area contributed by atoms with Gasteiger partial charge in [-0.3, -0.25) is 5.32 Å². The third-order valence-corrected chi connectivity index (χ3v) is 2.23. The van der Waals surface area contributed by atoms with Crippen LogP contribution in [0, 0.1) is 11.3 Å². The summed E-state index contributed by atoms with van der Waals surface area (Å²) in [6, 6.07) is 9.64. The smallest absolute Gasteiger partial charge is 0.121 e. The summed E-state index contributed by atoms with van der Waals surface area (Å²) in [5.74, 6) is 0.837. The van der Waals surface area contributed by atoms with Crippen LogP contribution in [0.1, 0.15) is 39.3 Å². The molecule has 0 saturated carbocycles. The number of benzene rings is 1. The van der Waals surface area contributed by atoms with Gasteiger partial charge in [-0.2, -0.15) is 5.26 Å². The van der Waals surface area contributed by atoms with Gasteiger partial charge in [-0.25, -0.2) is 0 Å². The lowest BCUT2D eigenvalue weighted by atomic mass is 10.0. The number of nitrogens with zero attached hydrogens (tertiary/aromatic N) is 1. The van der Waals surface area contributed by atoms with E-state index in [1.165, 1.54) is 0 Å². The Kier molecular flexibility index (Phi) is 4.53. The van der Waals surface area contributed by atoms with Crippen LogP contribution < -0.4 is 10.1 Å². The quantitative estimate of drug-likeness (QED) is 0.867. The van der Waals surface area contributed by atoms with Crippen LogP contribution in [-0.2, 0) is 0 Å². The highest BCUT2D eigenvalue weighted by molar-refractivity contribution is 5.31. The molecule has 0 aliphatic carbocycles. The molecule has 1 aromatic rings. The molecule has 0 aliphatic heterocycles. The van der Waals surface area contributed by atoms with Crippen LogP contribution in [-0.4, -0.2) is 12.1 Å². The van der Waals surface area contributed by atoms with Gasteiger partial charge in [0, 0.05) is 5.54 Å². The Morgan fingerprint density at radius 1 is 1.29 bits per heavy atom. The fraction of sp³-hybridized carbons (Fsp3) is 0.500. The summed E-state index contributed by atoms with van der Waals surface area (Å²) in [6.07, 6.45) is 0. The van der Waals surface area contributed by atoms with Gasteiger partial charge in [0.1, 0.15) is 11.8 Å². The first-order valence-corrected chi connectivity index (χ1v) is 5.86. The highest BCUT2D eigenvalue weighted by Gasteiger charge is 2.18. The van der Waals surface area contributed by atoms with Crippen molar-refractivity contribution in [3.8, 4) is 11.8 Å². The lowest BCUT2D eigenvalue weighted by Crippen LogP contribution is -2.38. The minimum absolute atomic E-state index is 0.0843. The highest BCUT2D eigenvalue weighted by atomic mass is 16.5. The van der Waals surface area contributed by atoms with Crippen molar-refractivity contribution in [1.29, 1.82) is 5.26 Å². The number of nitriles is 1. The van der Waals surface area contributed by atoms with Gasteiger partial charge >= 0.3 is 0 Å². The summed E-state index contributed by atoms with van der Waals surface area (Å²) >= 11 is 0. The summed E-state index contributed by atoms with van der Waals surface area (Å²) in [4.78, 5) is 0. The zero-order valence-electron chi connectivity index (χ0n) is 10.9. The van der Waals surface area contributed by atoms with E-state index in [-0.39, 0.29) is 11.6 Å². The fourth-order valence-corrected chi connectivity index (χ4v) is 1.55. The summed E-state index contributed by atoms with van der Waals surface area (Å²) in [7, 11) is 0. The monoisotopic (exact) mass is 232 g/mol. The van der Waals surface area contributed by atoms with E-state index < -0.39 is 0 Å². The van der Waals surface area contributed by atoms with Crippen molar-refractivity contribution in [2.24, 2.45) is 0 Å². The second kappa shape index (κ2) is 5.70. The first-order chi connectivity index (χ1) is 7.96. The van der Waals surface area contributed by atoms with Crippen LogP contribution in [0.2, 0.25) is 0 Å². The molecule has 0 heterocycles. The molecule has 0 aliphatic rings. The van der Waals surface area contributed by atoms with Crippen molar-refractivity contribution in [2.45, 2.75) is 39.3 Å². The topological polar surface area (TPSA) is 45.0 Å². The van der Waals surface area contributed by atoms with Gasteiger partial charge in [0.15, 0.2) is 0 Å². The maximum Gasteiger partial charge on any atom is 0.121 e. The maximum absolute atomic E-state index is 9.17. The van der Waals surface area contributed by atoms with Gasteiger partial charge in [-0.1, -0.05) is 12.1 Å². The van der Waals surface area contributed by atoms with E-state index in [1.807, 2.05) is 52.0 Å². The van der Waals surface area contributed by atoms with E-state index in [1.54, 1.807) is 0 Å². The lowest BCUT2D eigenvalue weighted by molar-refractivity contribution is 0.340. The zero-order valence-corrected chi connectivity index (χ0v) is 10.9. The molecule has 0 aromatic heterocycles. The molecule has 0 spiro atoms. The zero-order chi connectivity index (χ0) is 12.9. The van der Waals surface area contributed by atoms with Gasteiger partial charge in [-0.15, -0.1) is 0 Å². The molecule has 1 unspecified atom stereocenters.